The maximum atomic E-state index is 13.4. The molecule has 2 N–H and O–H groups in total. The smallest absolute Gasteiger partial charge is 0.459 e. The first kappa shape index (κ1) is 40.7. The molecular weight excluding hydrogens is 684 g/mol. The first-order valence-corrected chi connectivity index (χ1v) is 18.3. The van der Waals surface area contributed by atoms with Gasteiger partial charge in [0.15, 0.2) is 24.0 Å². The number of aliphatic hydroxyl groups excluding tert-OH is 2. The van der Waals surface area contributed by atoms with Crippen molar-refractivity contribution in [2.45, 2.75) is 147 Å². The SMILES string of the molecule is CO[C@@H]1[C@H](O)[C@@H](C)O[C@@H](OC[C@H]2[C@@H]3O[C@H]3/C=C/C(=O)[C@H](C)C[C@H](C)[C@H](O[C@@H]3O[C@H](C)CC4(OC(=O)O[C@H]4C)[C@H]3O)[C@@H](C)/C=C/C(=O)O[C@@H]2C)[C@@H]1OC. The van der Waals surface area contributed by atoms with Crippen LogP contribution >= 0.6 is 0 Å². The third-order valence-electron chi connectivity index (χ3n) is 11.2. The maximum absolute atomic E-state index is 13.4. The van der Waals surface area contributed by atoms with Gasteiger partial charge in [-0.25, -0.2) is 9.59 Å². The minimum Gasteiger partial charge on any atom is -0.459 e. The van der Waals surface area contributed by atoms with Crippen LogP contribution in [0.2, 0.25) is 0 Å². The minimum absolute atomic E-state index is 0.0493. The van der Waals surface area contributed by atoms with E-state index in [0.717, 1.165) is 0 Å². The van der Waals surface area contributed by atoms with E-state index in [9.17, 15) is 24.6 Å². The Morgan fingerprint density at radius 1 is 0.827 bits per heavy atom. The summed E-state index contributed by atoms with van der Waals surface area (Å²) in [6, 6.07) is 0. The lowest BCUT2D eigenvalue weighted by molar-refractivity contribution is -0.308. The van der Waals surface area contributed by atoms with Gasteiger partial charge in [0.25, 0.3) is 0 Å². The average molecular weight is 741 g/mol. The summed E-state index contributed by atoms with van der Waals surface area (Å²) in [6.45, 7) is 12.6. The van der Waals surface area contributed by atoms with Crippen LogP contribution in [-0.4, -0.2) is 134 Å². The molecule has 5 heterocycles. The highest BCUT2D eigenvalue weighted by molar-refractivity contribution is 5.91. The predicted molar refractivity (Wildman–Crippen MR) is 181 cm³/mol. The molecule has 4 saturated heterocycles. The van der Waals surface area contributed by atoms with E-state index >= 15 is 0 Å². The summed E-state index contributed by atoms with van der Waals surface area (Å²) in [5.41, 5.74) is -1.35. The van der Waals surface area contributed by atoms with Gasteiger partial charge in [-0.05, 0) is 52.2 Å². The maximum Gasteiger partial charge on any atom is 0.509 e. The molecule has 0 aromatic rings. The van der Waals surface area contributed by atoms with Gasteiger partial charge in [-0.3, -0.25) is 4.79 Å². The second kappa shape index (κ2) is 16.9. The Kier molecular flexibility index (Phi) is 13.2. The molecular formula is C37H56O15. The van der Waals surface area contributed by atoms with Crippen LogP contribution in [0.15, 0.2) is 24.3 Å². The first-order chi connectivity index (χ1) is 24.6. The van der Waals surface area contributed by atoms with E-state index in [-0.39, 0.29) is 24.7 Å². The van der Waals surface area contributed by atoms with Gasteiger partial charge in [0.2, 0.25) is 0 Å². The molecule has 1 unspecified atom stereocenters. The molecule has 15 heteroatoms. The summed E-state index contributed by atoms with van der Waals surface area (Å²) in [7, 11) is 2.96. The largest absolute Gasteiger partial charge is 0.509 e. The highest BCUT2D eigenvalue weighted by Crippen LogP contribution is 2.42. The molecule has 0 radical (unpaired) electrons. The molecule has 18 atom stereocenters. The zero-order chi connectivity index (χ0) is 38.1. The molecule has 5 aliphatic heterocycles. The number of ether oxygens (including phenoxy) is 10. The molecule has 0 aliphatic carbocycles. The van der Waals surface area contributed by atoms with Gasteiger partial charge < -0.3 is 57.6 Å². The molecule has 5 rings (SSSR count). The van der Waals surface area contributed by atoms with Crippen molar-refractivity contribution >= 4 is 17.9 Å². The lowest BCUT2D eigenvalue weighted by Crippen LogP contribution is -2.62. The summed E-state index contributed by atoms with van der Waals surface area (Å²) in [5, 5.41) is 22.0. The van der Waals surface area contributed by atoms with E-state index < -0.39 is 115 Å². The zero-order valence-corrected chi connectivity index (χ0v) is 31.4. The molecule has 0 amide bonds. The molecule has 0 bridgehead atoms. The average Bonchev–Trinajstić information content (AvgIpc) is 3.79. The van der Waals surface area contributed by atoms with Crippen LogP contribution in [0, 0.1) is 23.7 Å². The monoisotopic (exact) mass is 740 g/mol. The third kappa shape index (κ3) is 8.74. The highest BCUT2D eigenvalue weighted by Gasteiger charge is 2.61. The first-order valence-electron chi connectivity index (χ1n) is 18.3. The van der Waals surface area contributed by atoms with Crippen molar-refractivity contribution in [2.75, 3.05) is 20.8 Å². The lowest BCUT2D eigenvalue weighted by atomic mass is 9.82. The van der Waals surface area contributed by atoms with Crippen LogP contribution in [0.25, 0.3) is 0 Å². The summed E-state index contributed by atoms with van der Waals surface area (Å²) in [5.74, 6) is -2.20. The fourth-order valence-corrected chi connectivity index (χ4v) is 7.99. The number of ketones is 1. The summed E-state index contributed by atoms with van der Waals surface area (Å²) in [6.07, 6.45) is -3.65. The number of esters is 1. The Morgan fingerprint density at radius 3 is 2.19 bits per heavy atom. The van der Waals surface area contributed by atoms with Gasteiger partial charge in [0, 0.05) is 44.5 Å². The van der Waals surface area contributed by atoms with Crippen molar-refractivity contribution in [3.05, 3.63) is 24.3 Å². The van der Waals surface area contributed by atoms with Gasteiger partial charge in [-0.2, -0.15) is 0 Å². The quantitative estimate of drug-likeness (QED) is 0.286. The van der Waals surface area contributed by atoms with Crippen molar-refractivity contribution in [3.63, 3.8) is 0 Å². The van der Waals surface area contributed by atoms with Crippen LogP contribution in [0.4, 0.5) is 4.79 Å². The Labute approximate surface area is 305 Å². The molecule has 0 saturated carbocycles. The fourth-order valence-electron chi connectivity index (χ4n) is 7.99. The predicted octanol–water partition coefficient (Wildman–Crippen LogP) is 2.62. The fraction of sp³-hybridized carbons (Fsp3) is 0.811. The van der Waals surface area contributed by atoms with Crippen molar-refractivity contribution in [3.8, 4) is 0 Å². The Bertz CT molecular complexity index is 1320. The van der Waals surface area contributed by atoms with Crippen LogP contribution in [-0.2, 0) is 57.0 Å². The van der Waals surface area contributed by atoms with E-state index in [4.69, 9.17) is 47.4 Å². The number of fused-ring (bicyclic) bond motifs is 1. The normalized spacial score (nSPS) is 48.7. The van der Waals surface area contributed by atoms with Gasteiger partial charge in [0.1, 0.15) is 42.7 Å². The summed E-state index contributed by atoms with van der Waals surface area (Å²) >= 11 is 0. The van der Waals surface area contributed by atoms with E-state index in [1.807, 2.05) is 20.8 Å². The number of hydrogen-bond acceptors (Lipinski definition) is 15. The van der Waals surface area contributed by atoms with Crippen LogP contribution < -0.4 is 0 Å². The Morgan fingerprint density at radius 2 is 1.54 bits per heavy atom. The van der Waals surface area contributed by atoms with Gasteiger partial charge in [-0.1, -0.05) is 26.8 Å². The molecule has 5 aliphatic rings. The number of carbonyl (C=O) groups excluding carboxylic acids is 3. The lowest BCUT2D eigenvalue weighted by Gasteiger charge is -2.46. The van der Waals surface area contributed by atoms with Gasteiger partial charge in [-0.15, -0.1) is 0 Å². The number of epoxide rings is 1. The topological polar surface area (TPSA) is 187 Å². The number of aliphatic hydroxyl groups is 2. The number of hydrogen-bond donors (Lipinski definition) is 2. The summed E-state index contributed by atoms with van der Waals surface area (Å²) in [4.78, 5) is 38.7. The highest BCUT2D eigenvalue weighted by atomic mass is 16.8. The van der Waals surface area contributed by atoms with E-state index in [2.05, 4.69) is 0 Å². The summed E-state index contributed by atoms with van der Waals surface area (Å²) < 4.78 is 58.3. The van der Waals surface area contributed by atoms with E-state index in [1.54, 1.807) is 39.8 Å². The van der Waals surface area contributed by atoms with Gasteiger partial charge in [0.05, 0.1) is 31.0 Å². The zero-order valence-electron chi connectivity index (χ0n) is 31.4. The third-order valence-corrected chi connectivity index (χ3v) is 11.2. The Balaban J connectivity index is 1.34. The van der Waals surface area contributed by atoms with E-state index in [0.29, 0.717) is 6.42 Å². The van der Waals surface area contributed by atoms with E-state index in [1.165, 1.54) is 26.4 Å². The van der Waals surface area contributed by atoms with Crippen LogP contribution in [0.1, 0.15) is 61.3 Å². The number of carbonyl (C=O) groups is 3. The van der Waals surface area contributed by atoms with Crippen LogP contribution in [0.3, 0.4) is 0 Å². The van der Waals surface area contributed by atoms with Crippen LogP contribution in [0.5, 0.6) is 0 Å². The second-order valence-electron chi connectivity index (χ2n) is 15.0. The molecule has 1 spiro atoms. The molecule has 4 fully saturated rings. The molecule has 15 nitrogen and oxygen atoms in total. The number of rotatable bonds is 7. The molecule has 0 aromatic heterocycles. The van der Waals surface area contributed by atoms with Gasteiger partial charge >= 0.3 is 12.1 Å². The van der Waals surface area contributed by atoms with Crippen molar-refractivity contribution < 1.29 is 72.0 Å². The van der Waals surface area contributed by atoms with Crippen molar-refractivity contribution in [2.24, 2.45) is 23.7 Å². The molecule has 0 aromatic carbocycles. The standard InChI is InChI=1S/C37H56O15/c1-17-10-13-27(39)47-21(5)24(16-45-34-32(44-9)31(43-8)28(40)22(6)48-34)30-26(50-30)12-11-25(38)18(2)14-19(3)29(17)51-35-33(41)37(15-20(4)46-35)23(7)49-36(42)52-37/h10-13,17-24,26,28-35,40-41H,14-16H2,1-9H3/b12-11+,13-10+/t17-,18+,19-,20+,21+,22+,23-,24+,26-,28+,29+,30-,31+,32+,33-,34+,35-,37?/m0/s1. The second-order valence-corrected chi connectivity index (χ2v) is 15.0. The molecule has 294 valence electrons. The number of methoxy groups -OCH3 is 2. The number of allylic oxidation sites excluding steroid dienone is 1. The minimum atomic E-state index is -1.36. The molecule has 52 heavy (non-hydrogen) atoms. The number of cyclic esters (lactones) is 2. The van der Waals surface area contributed by atoms with Crippen molar-refractivity contribution in [1.29, 1.82) is 0 Å². The Hall–Kier alpha value is -2.47. The van der Waals surface area contributed by atoms with Crippen molar-refractivity contribution in [1.82, 2.24) is 0 Å².